The minimum atomic E-state index is -1.03. The minimum absolute atomic E-state index is 0. The van der Waals surface area contributed by atoms with Crippen LogP contribution in [0.5, 0.6) is 11.5 Å². The molecule has 2 aliphatic rings. The number of ether oxygens (including phenoxy) is 1. The Bertz CT molecular complexity index is 5550. The van der Waals surface area contributed by atoms with Gasteiger partial charge in [0.05, 0.1) is 27.4 Å². The number of nitrogens with zero attached hydrogens (tertiary/aromatic N) is 4. The van der Waals surface area contributed by atoms with Gasteiger partial charge in [-0.2, -0.15) is 12.1 Å². The third-order valence-electron chi connectivity index (χ3n) is 16.4. The van der Waals surface area contributed by atoms with Gasteiger partial charge in [0, 0.05) is 78.0 Å². The van der Waals surface area contributed by atoms with Crippen LogP contribution in [-0.2, 0) is 48.1 Å². The average molecular weight is 1330 g/mol. The van der Waals surface area contributed by atoms with E-state index in [1.165, 1.54) is 6.20 Å². The molecule has 0 N–H and O–H groups in total. The van der Waals surface area contributed by atoms with Crippen LogP contribution in [-0.4, -0.2) is 9.55 Å². The standard InChI is InChI=1S/C80H77N4O.Pt/c1-76(2,3)57-42-55(52-25-16-14-17-26-52)41-56(43-57)65-46-58(77(4,5)6)45-64(54-35-38-67-69(44-54)80(12,13)40-39-79(67,10)11)75(65)83-51-82(71-33-22-23-34-72(71)83)59-29-24-30-60(47-59)85-61-36-37-63-62-31-20-21-32-70(62)84(73(63)48-61)74-49-68(78(7,8)9)66(50-81-74)53-27-18-15-19-28-53;/h14-38,41-46,49-51H,39-40H2,1-13H3;/q-3;/i14D,15D,16D,17D,18D,19D,20D,21D,25D,26D,27D,28D,31D,32D,35D,38D,41D,42D,43D,44D;. The first-order chi connectivity index (χ1) is 48.8. The number of hydrogen-bond donors (Lipinski definition) is 0. The Balaban J connectivity index is 0.0000105. The molecule has 0 spiro atoms. The van der Waals surface area contributed by atoms with Crippen molar-refractivity contribution in [3.63, 3.8) is 0 Å². The van der Waals surface area contributed by atoms with E-state index in [9.17, 15) is 13.7 Å². The normalized spacial score (nSPS) is 18.0. The SMILES string of the molecule is [2H]c1c([2H])c([2H])c(-c2cnc(-n3c4[c-]c(Oc5[c-]c(N6[CH-]N(c7c(-c8c([2H])c(-c9c([2H])c([2H])c([2H])c([2H])c9[2H])c([2H])c(C(C)(C)C)c8[2H])cc(C(C)(C)C)cc7-c7c([2H])c([2H])c8c(c7[2H])C(C)(C)CCC8(C)C)c7ccccc76)ccc5)ccc4c4c([2H])c([2H])c([2H])c([2H])c43)cc2C(C)(C)C)c([2H])c1[2H].[Pt]. The van der Waals surface area contributed by atoms with E-state index >= 15 is 0 Å². The summed E-state index contributed by atoms with van der Waals surface area (Å²) in [4.78, 5) is 8.54. The van der Waals surface area contributed by atoms with Crippen LogP contribution in [0.15, 0.2) is 200 Å². The summed E-state index contributed by atoms with van der Waals surface area (Å²) in [5.74, 6) is 0.469. The molecule has 3 heterocycles. The van der Waals surface area contributed by atoms with Crippen molar-refractivity contribution in [3.05, 3.63) is 246 Å². The Kier molecular flexibility index (Phi) is 9.85. The van der Waals surface area contributed by atoms with Gasteiger partial charge in [-0.25, -0.2) is 4.98 Å². The van der Waals surface area contributed by atoms with Crippen LogP contribution in [0.25, 0.3) is 72.1 Å². The van der Waals surface area contributed by atoms with Crippen LogP contribution in [0.3, 0.4) is 0 Å². The maximum absolute atomic E-state index is 10.6. The van der Waals surface area contributed by atoms with Crippen molar-refractivity contribution in [2.75, 3.05) is 9.80 Å². The zero-order chi connectivity index (χ0) is 76.8. The maximum atomic E-state index is 10.6. The number of aromatic nitrogens is 2. The molecule has 0 saturated heterocycles. The first-order valence-corrected chi connectivity index (χ1v) is 28.7. The van der Waals surface area contributed by atoms with E-state index in [2.05, 4.69) is 26.0 Å². The van der Waals surface area contributed by atoms with Gasteiger partial charge in [-0.05, 0) is 143 Å². The van der Waals surface area contributed by atoms with Crippen molar-refractivity contribution in [1.29, 1.82) is 0 Å². The molecule has 0 unspecified atom stereocenters. The smallest absolute Gasteiger partial charge is 0.135 e. The third-order valence-corrected chi connectivity index (χ3v) is 16.4. The Labute approximate surface area is 553 Å². The monoisotopic (exact) mass is 1320 g/mol. The van der Waals surface area contributed by atoms with Gasteiger partial charge in [-0.15, -0.1) is 48.1 Å². The second kappa shape index (κ2) is 21.8. The molecule has 0 bridgehead atoms. The van der Waals surface area contributed by atoms with E-state index in [0.717, 1.165) is 0 Å². The Morgan fingerprint density at radius 2 is 1.14 bits per heavy atom. The summed E-state index contributed by atoms with van der Waals surface area (Å²) >= 11 is 0. The minimum Gasteiger partial charge on any atom is -0.509 e. The first kappa shape index (κ1) is 38.9. The number of para-hydroxylation sites is 3. The molecule has 1 aliphatic carbocycles. The van der Waals surface area contributed by atoms with E-state index in [4.69, 9.17) is 23.4 Å². The molecule has 1 aliphatic heterocycles. The molecule has 0 radical (unpaired) electrons. The molecule has 0 saturated carbocycles. The number of pyridine rings is 1. The van der Waals surface area contributed by atoms with Gasteiger partial charge in [-0.3, -0.25) is 0 Å². The summed E-state index contributed by atoms with van der Waals surface area (Å²) in [5.41, 5.74) is 1.02. The molecular weight excluding hydrogens is 1230 g/mol. The molecule has 2 aromatic heterocycles. The molecule has 0 atom stereocenters. The average Bonchev–Trinajstić information content (AvgIpc) is 1.19. The second-order valence-electron chi connectivity index (χ2n) is 26.5. The third kappa shape index (κ3) is 10.7. The largest absolute Gasteiger partial charge is 0.509 e. The summed E-state index contributed by atoms with van der Waals surface area (Å²) < 4.78 is 194. The van der Waals surface area contributed by atoms with Crippen molar-refractivity contribution in [3.8, 4) is 61.8 Å². The van der Waals surface area contributed by atoms with Crippen molar-refractivity contribution in [2.45, 2.75) is 130 Å². The van der Waals surface area contributed by atoms with Gasteiger partial charge < -0.3 is 19.1 Å². The molecule has 13 rings (SSSR count). The maximum Gasteiger partial charge on any atom is 0.135 e. The molecule has 9 aromatic carbocycles. The number of fused-ring (bicyclic) bond motifs is 5. The van der Waals surface area contributed by atoms with Crippen molar-refractivity contribution < 1.29 is 53.2 Å². The van der Waals surface area contributed by atoms with Crippen LogP contribution in [0.1, 0.15) is 158 Å². The number of rotatable bonds is 9. The van der Waals surface area contributed by atoms with E-state index in [1.807, 2.05) is 102 Å². The first-order valence-electron chi connectivity index (χ1n) is 38.7. The van der Waals surface area contributed by atoms with Crippen LogP contribution in [0.4, 0.5) is 22.7 Å². The summed E-state index contributed by atoms with van der Waals surface area (Å²) in [5, 5.41) is 0.539. The topological polar surface area (TPSA) is 33.5 Å². The molecule has 436 valence electrons. The van der Waals surface area contributed by atoms with Gasteiger partial charge in [0.2, 0.25) is 0 Å². The Hall–Kier alpha value is -7.98. The number of benzene rings is 9. The molecule has 6 heteroatoms. The van der Waals surface area contributed by atoms with E-state index in [0.29, 0.717) is 63.1 Å². The van der Waals surface area contributed by atoms with E-state index < -0.39 is 106 Å². The van der Waals surface area contributed by atoms with Gasteiger partial charge in [-0.1, -0.05) is 216 Å². The summed E-state index contributed by atoms with van der Waals surface area (Å²) in [6.07, 6.45) is 2.80. The van der Waals surface area contributed by atoms with Crippen LogP contribution >= 0.6 is 0 Å². The molecule has 0 amide bonds. The van der Waals surface area contributed by atoms with Gasteiger partial charge in [0.25, 0.3) is 0 Å². The summed E-state index contributed by atoms with van der Waals surface area (Å²) in [6, 6.07) is 19.5. The van der Waals surface area contributed by atoms with Crippen molar-refractivity contribution >= 4 is 44.6 Å². The molecular formula is C80H77N4OPt-3. The summed E-state index contributed by atoms with van der Waals surface area (Å²) in [7, 11) is 0. The van der Waals surface area contributed by atoms with Gasteiger partial charge in [0.15, 0.2) is 0 Å². The molecule has 86 heavy (non-hydrogen) atoms. The Morgan fingerprint density at radius 1 is 0.523 bits per heavy atom. The number of anilines is 4. The fraction of sp³-hybridized carbons (Fsp3) is 0.250. The quantitative estimate of drug-likeness (QED) is 0.135. The van der Waals surface area contributed by atoms with Gasteiger partial charge in [0.1, 0.15) is 5.82 Å². The second-order valence-corrected chi connectivity index (χ2v) is 26.5. The Morgan fingerprint density at radius 3 is 1.83 bits per heavy atom. The van der Waals surface area contributed by atoms with E-state index in [1.54, 1.807) is 68.4 Å². The predicted octanol–water partition coefficient (Wildman–Crippen LogP) is 21.9. The zero-order valence-corrected chi connectivity index (χ0v) is 52.8. The van der Waals surface area contributed by atoms with Gasteiger partial charge >= 0.3 is 0 Å². The van der Waals surface area contributed by atoms with Crippen LogP contribution < -0.4 is 14.5 Å². The molecule has 0 fully saturated rings. The fourth-order valence-corrected chi connectivity index (χ4v) is 11.5. The van der Waals surface area contributed by atoms with E-state index in [-0.39, 0.29) is 147 Å². The van der Waals surface area contributed by atoms with Crippen molar-refractivity contribution in [2.24, 2.45) is 0 Å². The van der Waals surface area contributed by atoms with Crippen molar-refractivity contribution in [1.82, 2.24) is 9.55 Å². The zero-order valence-electron chi connectivity index (χ0n) is 70.5. The molecule has 5 nitrogen and oxygen atoms in total. The fourth-order valence-electron chi connectivity index (χ4n) is 11.5. The number of hydrogen-bond acceptors (Lipinski definition) is 4. The molecule has 11 aromatic rings. The van der Waals surface area contributed by atoms with Crippen LogP contribution in [0, 0.1) is 18.8 Å². The summed E-state index contributed by atoms with van der Waals surface area (Å²) in [6.45, 7) is 27.0. The van der Waals surface area contributed by atoms with Crippen LogP contribution in [0.2, 0.25) is 0 Å². The predicted molar refractivity (Wildman–Crippen MR) is 357 cm³/mol.